The smallest absolute Gasteiger partial charge is 0.303 e. The topological polar surface area (TPSA) is 46.5 Å². The molecule has 28 heavy (non-hydrogen) atoms. The van der Waals surface area contributed by atoms with Gasteiger partial charge >= 0.3 is 5.97 Å². The molecular formula is C22H21ClF2O3. The van der Waals surface area contributed by atoms with Crippen molar-refractivity contribution in [1.29, 1.82) is 0 Å². The second-order valence-electron chi connectivity index (χ2n) is 6.87. The first kappa shape index (κ1) is 20.3. The van der Waals surface area contributed by atoms with Crippen molar-refractivity contribution in [2.45, 2.75) is 38.5 Å². The molecule has 1 aliphatic carbocycles. The van der Waals surface area contributed by atoms with E-state index in [0.717, 1.165) is 54.5 Å². The number of benzene rings is 2. The standard InChI is InChI=1S/C22H21ClF2O3/c23-17-8-6-15(7-9-17)18-4-2-1-3-16(18)13-28-22-19(24)11-14(12-20(22)25)5-10-21(26)27/h6-9,11-12H,1-5,10,13H2,(H,26,27). The first-order chi connectivity index (χ1) is 13.4. The van der Waals surface area contributed by atoms with Crippen LogP contribution in [0.2, 0.25) is 5.02 Å². The number of carboxylic acid groups (broad SMARTS) is 1. The first-order valence-corrected chi connectivity index (χ1v) is 9.61. The number of carboxylic acids is 1. The van der Waals surface area contributed by atoms with E-state index in [1.54, 1.807) is 0 Å². The van der Waals surface area contributed by atoms with Gasteiger partial charge in [0.2, 0.25) is 0 Å². The summed E-state index contributed by atoms with van der Waals surface area (Å²) >= 11 is 5.96. The Morgan fingerprint density at radius 1 is 1.07 bits per heavy atom. The fourth-order valence-electron chi connectivity index (χ4n) is 3.43. The van der Waals surface area contributed by atoms with E-state index in [2.05, 4.69) is 0 Å². The zero-order chi connectivity index (χ0) is 20.1. The molecule has 0 fully saturated rings. The summed E-state index contributed by atoms with van der Waals surface area (Å²) in [5.41, 5.74) is 3.51. The Kier molecular flexibility index (Phi) is 6.68. The van der Waals surface area contributed by atoms with E-state index in [1.165, 1.54) is 0 Å². The maximum absolute atomic E-state index is 14.3. The van der Waals surface area contributed by atoms with Gasteiger partial charge in [0.05, 0.1) is 0 Å². The van der Waals surface area contributed by atoms with Gasteiger partial charge in [0.15, 0.2) is 17.4 Å². The van der Waals surface area contributed by atoms with Crippen LogP contribution in [0.25, 0.3) is 5.57 Å². The van der Waals surface area contributed by atoms with Crippen molar-refractivity contribution < 1.29 is 23.4 Å². The SMILES string of the molecule is O=C(O)CCc1cc(F)c(OCC2=C(c3ccc(Cl)cc3)CCCC2)c(F)c1. The van der Waals surface area contributed by atoms with Crippen LogP contribution >= 0.6 is 11.6 Å². The Hall–Kier alpha value is -2.40. The van der Waals surface area contributed by atoms with Crippen molar-refractivity contribution in [3.8, 4) is 5.75 Å². The summed E-state index contributed by atoms with van der Waals surface area (Å²) in [5, 5.41) is 9.36. The summed E-state index contributed by atoms with van der Waals surface area (Å²) in [4.78, 5) is 10.6. The molecule has 0 saturated carbocycles. The third-order valence-electron chi connectivity index (χ3n) is 4.85. The summed E-state index contributed by atoms with van der Waals surface area (Å²) in [6.07, 6.45) is 3.65. The van der Waals surface area contributed by atoms with Gasteiger partial charge in [-0.3, -0.25) is 4.79 Å². The van der Waals surface area contributed by atoms with Crippen LogP contribution in [-0.4, -0.2) is 17.7 Å². The lowest BCUT2D eigenvalue weighted by molar-refractivity contribution is -0.136. The molecule has 148 valence electrons. The molecule has 0 bridgehead atoms. The van der Waals surface area contributed by atoms with Crippen LogP contribution < -0.4 is 4.74 Å². The van der Waals surface area contributed by atoms with E-state index in [4.69, 9.17) is 21.4 Å². The third-order valence-corrected chi connectivity index (χ3v) is 5.10. The van der Waals surface area contributed by atoms with Gasteiger partial charge in [-0.05, 0) is 78.6 Å². The maximum Gasteiger partial charge on any atom is 0.303 e. The van der Waals surface area contributed by atoms with Gasteiger partial charge in [0.1, 0.15) is 6.61 Å². The zero-order valence-electron chi connectivity index (χ0n) is 15.3. The van der Waals surface area contributed by atoms with Crippen LogP contribution in [0.4, 0.5) is 8.78 Å². The minimum absolute atomic E-state index is 0.0648. The van der Waals surface area contributed by atoms with E-state index in [9.17, 15) is 13.6 Å². The number of aryl methyl sites for hydroxylation is 1. The Morgan fingerprint density at radius 2 is 1.71 bits per heavy atom. The number of hydrogen-bond acceptors (Lipinski definition) is 2. The number of aliphatic carboxylic acids is 1. The lowest BCUT2D eigenvalue weighted by Gasteiger charge is -2.21. The molecule has 6 heteroatoms. The summed E-state index contributed by atoms with van der Waals surface area (Å²) in [5.74, 6) is -3.07. The zero-order valence-corrected chi connectivity index (χ0v) is 16.1. The van der Waals surface area contributed by atoms with Crippen LogP contribution in [0.5, 0.6) is 5.75 Å². The average molecular weight is 407 g/mol. The molecule has 0 aliphatic heterocycles. The quantitative estimate of drug-likeness (QED) is 0.609. The Morgan fingerprint density at radius 3 is 2.36 bits per heavy atom. The Labute approximate surface area is 167 Å². The Bertz CT molecular complexity index is 868. The summed E-state index contributed by atoms with van der Waals surface area (Å²) in [7, 11) is 0. The number of halogens is 3. The van der Waals surface area contributed by atoms with Crippen LogP contribution in [0.1, 0.15) is 43.2 Å². The molecule has 1 N–H and O–H groups in total. The van der Waals surface area contributed by atoms with Crippen LogP contribution in [0, 0.1) is 11.6 Å². The van der Waals surface area contributed by atoms with Gasteiger partial charge in [-0.2, -0.15) is 0 Å². The fraction of sp³-hybridized carbons (Fsp3) is 0.318. The molecule has 0 atom stereocenters. The lowest BCUT2D eigenvalue weighted by Crippen LogP contribution is -2.10. The molecule has 0 radical (unpaired) electrons. The normalized spacial score (nSPS) is 14.2. The maximum atomic E-state index is 14.3. The third kappa shape index (κ3) is 5.10. The molecule has 2 aromatic rings. The number of rotatable bonds is 7. The minimum atomic E-state index is -1.01. The number of ether oxygens (including phenoxy) is 1. The number of carbonyl (C=O) groups is 1. The van der Waals surface area contributed by atoms with Crippen molar-refractivity contribution in [1.82, 2.24) is 0 Å². The molecule has 1 aliphatic rings. The Balaban J connectivity index is 1.77. The lowest BCUT2D eigenvalue weighted by atomic mass is 9.88. The molecular weight excluding hydrogens is 386 g/mol. The highest BCUT2D eigenvalue weighted by molar-refractivity contribution is 6.30. The monoisotopic (exact) mass is 406 g/mol. The molecule has 3 nitrogen and oxygen atoms in total. The highest BCUT2D eigenvalue weighted by Gasteiger charge is 2.18. The molecule has 0 aromatic heterocycles. The van der Waals surface area contributed by atoms with Crippen LogP contribution in [0.3, 0.4) is 0 Å². The first-order valence-electron chi connectivity index (χ1n) is 9.23. The molecule has 0 unspecified atom stereocenters. The molecule has 0 amide bonds. The average Bonchev–Trinajstić information content (AvgIpc) is 2.67. The summed E-state index contributed by atoms with van der Waals surface area (Å²) in [6, 6.07) is 9.81. The van der Waals surface area contributed by atoms with E-state index in [0.29, 0.717) is 10.6 Å². The highest BCUT2D eigenvalue weighted by atomic mass is 35.5. The van der Waals surface area contributed by atoms with E-state index < -0.39 is 23.4 Å². The van der Waals surface area contributed by atoms with Crippen molar-refractivity contribution in [3.63, 3.8) is 0 Å². The van der Waals surface area contributed by atoms with E-state index >= 15 is 0 Å². The van der Waals surface area contributed by atoms with Gasteiger partial charge in [0.25, 0.3) is 0 Å². The largest absolute Gasteiger partial charge is 0.483 e. The summed E-state index contributed by atoms with van der Waals surface area (Å²) < 4.78 is 34.1. The highest BCUT2D eigenvalue weighted by Crippen LogP contribution is 2.34. The van der Waals surface area contributed by atoms with Crippen LogP contribution in [-0.2, 0) is 11.2 Å². The molecule has 0 saturated heterocycles. The molecule has 0 spiro atoms. The molecule has 2 aromatic carbocycles. The number of allylic oxidation sites excluding steroid dienone is 1. The van der Waals surface area contributed by atoms with Crippen molar-refractivity contribution in [2.75, 3.05) is 6.61 Å². The predicted octanol–water partition coefficient (Wildman–Crippen LogP) is 6.04. The summed E-state index contributed by atoms with van der Waals surface area (Å²) in [6.45, 7) is 0.111. The van der Waals surface area contributed by atoms with Gasteiger partial charge in [-0.15, -0.1) is 0 Å². The van der Waals surface area contributed by atoms with E-state index in [-0.39, 0.29) is 19.4 Å². The van der Waals surface area contributed by atoms with Gasteiger partial charge in [-0.1, -0.05) is 23.7 Å². The van der Waals surface area contributed by atoms with Gasteiger partial charge in [0, 0.05) is 11.4 Å². The van der Waals surface area contributed by atoms with Gasteiger partial charge in [-0.25, -0.2) is 8.78 Å². The predicted molar refractivity (Wildman–Crippen MR) is 105 cm³/mol. The van der Waals surface area contributed by atoms with Gasteiger partial charge < -0.3 is 9.84 Å². The van der Waals surface area contributed by atoms with Crippen molar-refractivity contribution in [3.05, 3.63) is 69.8 Å². The fourth-order valence-corrected chi connectivity index (χ4v) is 3.56. The molecule has 3 rings (SSSR count). The van der Waals surface area contributed by atoms with Crippen molar-refractivity contribution >= 4 is 23.1 Å². The number of hydrogen-bond donors (Lipinski definition) is 1. The van der Waals surface area contributed by atoms with E-state index in [1.807, 2.05) is 24.3 Å². The van der Waals surface area contributed by atoms with Crippen LogP contribution in [0.15, 0.2) is 42.0 Å². The second-order valence-corrected chi connectivity index (χ2v) is 7.30. The molecule has 0 heterocycles. The van der Waals surface area contributed by atoms with Crippen molar-refractivity contribution in [2.24, 2.45) is 0 Å². The minimum Gasteiger partial charge on any atom is -0.483 e. The second kappa shape index (κ2) is 9.20.